The summed E-state index contributed by atoms with van der Waals surface area (Å²) in [5, 5.41) is 6.95. The Morgan fingerprint density at radius 2 is 2.27 bits per heavy atom. The number of aromatic nitrogens is 1. The molecule has 22 heavy (non-hydrogen) atoms. The lowest BCUT2D eigenvalue weighted by atomic mass is 10.0. The van der Waals surface area contributed by atoms with E-state index in [2.05, 4.69) is 10.5 Å². The van der Waals surface area contributed by atoms with Gasteiger partial charge in [0.2, 0.25) is 0 Å². The average molecular weight is 301 g/mol. The zero-order chi connectivity index (χ0) is 15.5. The van der Waals surface area contributed by atoms with Gasteiger partial charge in [0, 0.05) is 25.1 Å². The van der Waals surface area contributed by atoms with Crippen molar-refractivity contribution in [2.45, 2.75) is 25.9 Å². The Labute approximate surface area is 129 Å². The summed E-state index contributed by atoms with van der Waals surface area (Å²) in [5.41, 5.74) is 1.76. The first-order chi connectivity index (χ1) is 10.6. The minimum Gasteiger partial charge on any atom is -0.493 e. The molecule has 3 rings (SSSR count). The number of amides is 2. The van der Waals surface area contributed by atoms with Gasteiger partial charge in [-0.05, 0) is 13.0 Å². The number of fused-ring (bicyclic) bond motifs is 1. The van der Waals surface area contributed by atoms with Crippen molar-refractivity contribution in [3.8, 4) is 5.75 Å². The molecule has 2 heterocycles. The van der Waals surface area contributed by atoms with E-state index in [1.54, 1.807) is 11.9 Å². The molecule has 0 aliphatic carbocycles. The number of nitrogens with zero attached hydrogens (tertiary/aromatic N) is 2. The molecule has 116 valence electrons. The van der Waals surface area contributed by atoms with Gasteiger partial charge in [0.05, 0.1) is 19.2 Å². The zero-order valence-electron chi connectivity index (χ0n) is 12.7. The Balaban J connectivity index is 1.64. The normalized spacial score (nSPS) is 16.5. The molecule has 0 saturated heterocycles. The minimum atomic E-state index is -0.137. The highest BCUT2D eigenvalue weighted by molar-refractivity contribution is 5.74. The van der Waals surface area contributed by atoms with Crippen LogP contribution in [0.1, 0.15) is 29.5 Å². The molecular formula is C16H19N3O3. The number of rotatable bonds is 3. The number of nitrogens with one attached hydrogen (secondary N) is 1. The third-order valence-corrected chi connectivity index (χ3v) is 3.68. The van der Waals surface area contributed by atoms with Crippen LogP contribution in [0.5, 0.6) is 5.75 Å². The predicted molar refractivity (Wildman–Crippen MR) is 80.5 cm³/mol. The topological polar surface area (TPSA) is 67.6 Å². The summed E-state index contributed by atoms with van der Waals surface area (Å²) < 4.78 is 10.6. The molecule has 0 saturated carbocycles. The van der Waals surface area contributed by atoms with Gasteiger partial charge in [-0.1, -0.05) is 23.4 Å². The molecule has 0 fully saturated rings. The Morgan fingerprint density at radius 1 is 1.45 bits per heavy atom. The smallest absolute Gasteiger partial charge is 0.317 e. The Kier molecular flexibility index (Phi) is 4.00. The molecule has 2 amide bonds. The van der Waals surface area contributed by atoms with Gasteiger partial charge in [0.25, 0.3) is 0 Å². The van der Waals surface area contributed by atoms with Gasteiger partial charge in [-0.15, -0.1) is 0 Å². The third-order valence-electron chi connectivity index (χ3n) is 3.68. The molecule has 6 heteroatoms. The van der Waals surface area contributed by atoms with Crippen LogP contribution in [-0.2, 0) is 6.54 Å². The van der Waals surface area contributed by atoms with Crippen molar-refractivity contribution in [3.63, 3.8) is 0 Å². The number of carbonyl (C=O) groups excluding carboxylic acids is 1. The van der Waals surface area contributed by atoms with Crippen LogP contribution in [0.4, 0.5) is 4.79 Å². The second-order valence-corrected chi connectivity index (χ2v) is 5.46. The summed E-state index contributed by atoms with van der Waals surface area (Å²) in [6, 6.07) is 9.46. The number of carbonyl (C=O) groups is 1. The molecular weight excluding hydrogens is 282 g/mol. The maximum atomic E-state index is 12.3. The number of aryl methyl sites for hydroxylation is 1. The SMILES string of the molecule is Cc1cc(CN(C)C(=O)N[C@H]2CCOc3ccccc32)no1. The maximum Gasteiger partial charge on any atom is 0.317 e. The third kappa shape index (κ3) is 3.05. The second-order valence-electron chi connectivity index (χ2n) is 5.46. The van der Waals surface area contributed by atoms with Crippen molar-refractivity contribution in [1.82, 2.24) is 15.4 Å². The van der Waals surface area contributed by atoms with Crippen LogP contribution >= 0.6 is 0 Å². The molecule has 2 aromatic rings. The first kappa shape index (κ1) is 14.4. The van der Waals surface area contributed by atoms with E-state index in [1.807, 2.05) is 37.3 Å². The van der Waals surface area contributed by atoms with E-state index >= 15 is 0 Å². The van der Waals surface area contributed by atoms with Gasteiger partial charge >= 0.3 is 6.03 Å². The molecule has 0 radical (unpaired) electrons. The lowest BCUT2D eigenvalue weighted by Crippen LogP contribution is -2.40. The van der Waals surface area contributed by atoms with E-state index in [4.69, 9.17) is 9.26 Å². The molecule has 1 atom stereocenters. The van der Waals surface area contributed by atoms with Crippen LogP contribution in [0.3, 0.4) is 0 Å². The Bertz CT molecular complexity index is 668. The van der Waals surface area contributed by atoms with E-state index in [-0.39, 0.29) is 12.1 Å². The molecule has 6 nitrogen and oxygen atoms in total. The quantitative estimate of drug-likeness (QED) is 0.946. The van der Waals surface area contributed by atoms with Crippen LogP contribution in [0.2, 0.25) is 0 Å². The number of benzene rings is 1. The van der Waals surface area contributed by atoms with Crippen LogP contribution in [0, 0.1) is 6.92 Å². The highest BCUT2D eigenvalue weighted by Gasteiger charge is 2.24. The van der Waals surface area contributed by atoms with Crippen LogP contribution in [0.15, 0.2) is 34.9 Å². The number of ether oxygens (including phenoxy) is 1. The summed E-state index contributed by atoms with van der Waals surface area (Å²) in [6.45, 7) is 2.84. The Morgan fingerprint density at radius 3 is 3.05 bits per heavy atom. The van der Waals surface area contributed by atoms with E-state index in [0.29, 0.717) is 13.2 Å². The zero-order valence-corrected chi connectivity index (χ0v) is 12.7. The van der Waals surface area contributed by atoms with Crippen molar-refractivity contribution in [1.29, 1.82) is 0 Å². The monoisotopic (exact) mass is 301 g/mol. The molecule has 1 aromatic heterocycles. The lowest BCUT2D eigenvalue weighted by molar-refractivity contribution is 0.193. The molecule has 1 aromatic carbocycles. The predicted octanol–water partition coefficient (Wildman–Crippen LogP) is 2.65. The summed E-state index contributed by atoms with van der Waals surface area (Å²) in [5.74, 6) is 1.58. The van der Waals surface area contributed by atoms with Crippen molar-refractivity contribution >= 4 is 6.03 Å². The Hall–Kier alpha value is -2.50. The van der Waals surface area contributed by atoms with E-state index in [9.17, 15) is 4.79 Å². The van der Waals surface area contributed by atoms with Crippen molar-refractivity contribution in [2.24, 2.45) is 0 Å². The minimum absolute atomic E-state index is 0.0288. The van der Waals surface area contributed by atoms with Gasteiger partial charge in [0.15, 0.2) is 0 Å². The maximum absolute atomic E-state index is 12.3. The molecule has 0 bridgehead atoms. The molecule has 1 aliphatic heterocycles. The highest BCUT2D eigenvalue weighted by atomic mass is 16.5. The fraction of sp³-hybridized carbons (Fsp3) is 0.375. The number of para-hydroxylation sites is 1. The number of hydrogen-bond acceptors (Lipinski definition) is 4. The first-order valence-electron chi connectivity index (χ1n) is 7.29. The largest absolute Gasteiger partial charge is 0.493 e. The van der Waals surface area contributed by atoms with Gasteiger partial charge in [-0.2, -0.15) is 0 Å². The molecule has 0 unspecified atom stereocenters. The fourth-order valence-electron chi connectivity index (χ4n) is 2.56. The van der Waals surface area contributed by atoms with Gasteiger partial charge < -0.3 is 19.5 Å². The summed E-state index contributed by atoms with van der Waals surface area (Å²) in [4.78, 5) is 13.9. The molecule has 1 aliphatic rings. The molecule has 1 N–H and O–H groups in total. The lowest BCUT2D eigenvalue weighted by Gasteiger charge is -2.28. The first-order valence-corrected chi connectivity index (χ1v) is 7.29. The van der Waals surface area contributed by atoms with Gasteiger partial charge in [0.1, 0.15) is 17.2 Å². The number of hydrogen-bond donors (Lipinski definition) is 1. The standard InChI is InChI=1S/C16H19N3O3/c1-11-9-12(18-22-11)10-19(2)16(20)17-14-7-8-21-15-6-4-3-5-13(14)15/h3-6,9,14H,7-8,10H2,1-2H3,(H,17,20)/t14-/m0/s1. The average Bonchev–Trinajstić information content (AvgIpc) is 2.92. The van der Waals surface area contributed by atoms with Crippen LogP contribution in [0.25, 0.3) is 0 Å². The summed E-state index contributed by atoms with van der Waals surface area (Å²) >= 11 is 0. The van der Waals surface area contributed by atoms with Gasteiger partial charge in [-0.3, -0.25) is 0 Å². The highest BCUT2D eigenvalue weighted by Crippen LogP contribution is 2.31. The summed E-state index contributed by atoms with van der Waals surface area (Å²) in [7, 11) is 1.74. The van der Waals surface area contributed by atoms with E-state index in [0.717, 1.165) is 29.2 Å². The van der Waals surface area contributed by atoms with Gasteiger partial charge in [-0.25, -0.2) is 4.79 Å². The van der Waals surface area contributed by atoms with E-state index < -0.39 is 0 Å². The van der Waals surface area contributed by atoms with Crippen molar-refractivity contribution in [3.05, 3.63) is 47.3 Å². The van der Waals surface area contributed by atoms with Crippen molar-refractivity contribution in [2.75, 3.05) is 13.7 Å². The van der Waals surface area contributed by atoms with Crippen LogP contribution in [-0.4, -0.2) is 29.7 Å². The molecule has 0 spiro atoms. The van der Waals surface area contributed by atoms with Crippen LogP contribution < -0.4 is 10.1 Å². The van der Waals surface area contributed by atoms with E-state index in [1.165, 1.54) is 0 Å². The van der Waals surface area contributed by atoms with Crippen molar-refractivity contribution < 1.29 is 14.1 Å². The fourth-order valence-corrected chi connectivity index (χ4v) is 2.56. The summed E-state index contributed by atoms with van der Waals surface area (Å²) in [6.07, 6.45) is 0.764. The number of urea groups is 1. The second kappa shape index (κ2) is 6.09.